The van der Waals surface area contributed by atoms with Crippen LogP contribution in [0.5, 0.6) is 0 Å². The number of piperidine rings is 2. The smallest absolute Gasteiger partial charge is 0.255 e. The van der Waals surface area contributed by atoms with Gasteiger partial charge in [0.1, 0.15) is 6.04 Å². The van der Waals surface area contributed by atoms with Crippen molar-refractivity contribution in [3.8, 4) is 0 Å². The number of amides is 3. The van der Waals surface area contributed by atoms with Gasteiger partial charge in [0.25, 0.3) is 5.91 Å². The quantitative estimate of drug-likeness (QED) is 0.731. The molecule has 4 aliphatic rings. The average Bonchev–Trinajstić information content (AvgIpc) is 3.34. The van der Waals surface area contributed by atoms with E-state index in [1.807, 2.05) is 12.1 Å². The number of hydrogen-bond donors (Lipinski definition) is 2. The highest BCUT2D eigenvalue weighted by atomic mass is 16.2. The third-order valence-corrected chi connectivity index (χ3v) is 7.36. The second kappa shape index (κ2) is 8.12. The number of likely N-dealkylation sites (tertiary alicyclic amines) is 1. The molecule has 0 saturated carbocycles. The lowest BCUT2D eigenvalue weighted by Gasteiger charge is -2.29. The molecule has 160 valence electrons. The Morgan fingerprint density at radius 1 is 1.00 bits per heavy atom. The number of imide groups is 1. The Hall–Kier alpha value is -2.25. The lowest BCUT2D eigenvalue weighted by molar-refractivity contribution is -0.136. The van der Waals surface area contributed by atoms with Crippen molar-refractivity contribution in [3.63, 3.8) is 0 Å². The first-order valence-corrected chi connectivity index (χ1v) is 11.3. The van der Waals surface area contributed by atoms with Crippen LogP contribution < -0.4 is 10.6 Å². The molecule has 4 aliphatic heterocycles. The topological polar surface area (TPSA) is 81.8 Å². The van der Waals surface area contributed by atoms with Gasteiger partial charge in [-0.15, -0.1) is 0 Å². The molecule has 30 heavy (non-hydrogen) atoms. The lowest BCUT2D eigenvalue weighted by atomic mass is 9.84. The lowest BCUT2D eigenvalue weighted by Crippen LogP contribution is -2.52. The van der Waals surface area contributed by atoms with Crippen LogP contribution in [0, 0.1) is 11.8 Å². The number of fused-ring (bicyclic) bond motifs is 1. The molecule has 3 amide bonds. The summed E-state index contributed by atoms with van der Waals surface area (Å²) in [5.41, 5.74) is 2.85. The molecule has 2 atom stereocenters. The summed E-state index contributed by atoms with van der Waals surface area (Å²) in [4.78, 5) is 40.8. The predicted molar refractivity (Wildman–Crippen MR) is 111 cm³/mol. The minimum Gasteiger partial charge on any atom is -0.322 e. The number of rotatable bonds is 4. The molecule has 3 saturated heterocycles. The van der Waals surface area contributed by atoms with Gasteiger partial charge in [-0.2, -0.15) is 0 Å². The van der Waals surface area contributed by atoms with Crippen LogP contribution in [0.3, 0.4) is 0 Å². The molecule has 3 fully saturated rings. The van der Waals surface area contributed by atoms with Crippen LogP contribution in [0.4, 0.5) is 0 Å². The molecule has 2 N–H and O–H groups in total. The Bertz CT molecular complexity index is 864. The van der Waals surface area contributed by atoms with Crippen LogP contribution in [0.2, 0.25) is 0 Å². The predicted octanol–water partition coefficient (Wildman–Crippen LogP) is 1.27. The molecule has 0 aliphatic carbocycles. The van der Waals surface area contributed by atoms with Gasteiger partial charge in [0.15, 0.2) is 0 Å². The monoisotopic (exact) mass is 410 g/mol. The minimum absolute atomic E-state index is 0.0876. The molecule has 1 aromatic rings. The minimum atomic E-state index is -0.546. The van der Waals surface area contributed by atoms with Gasteiger partial charge < -0.3 is 10.2 Å². The van der Waals surface area contributed by atoms with Crippen LogP contribution in [0.1, 0.15) is 53.6 Å². The summed E-state index contributed by atoms with van der Waals surface area (Å²) in [6.07, 6.45) is 4.56. The maximum absolute atomic E-state index is 13.0. The summed E-state index contributed by atoms with van der Waals surface area (Å²) >= 11 is 0. The van der Waals surface area contributed by atoms with E-state index >= 15 is 0 Å². The molecule has 0 bridgehead atoms. The van der Waals surface area contributed by atoms with E-state index in [1.165, 1.54) is 19.3 Å². The molecular weight excluding hydrogens is 380 g/mol. The van der Waals surface area contributed by atoms with Gasteiger partial charge in [0.05, 0.1) is 0 Å². The Balaban J connectivity index is 1.23. The molecular formula is C23H30N4O3. The Morgan fingerprint density at radius 2 is 1.83 bits per heavy atom. The highest BCUT2D eigenvalue weighted by Crippen LogP contribution is 2.32. The normalized spacial score (nSPS) is 28.1. The fourth-order valence-electron chi connectivity index (χ4n) is 5.67. The van der Waals surface area contributed by atoms with Crippen LogP contribution in [-0.2, 0) is 22.7 Å². The third-order valence-electron chi connectivity index (χ3n) is 7.36. The fourth-order valence-corrected chi connectivity index (χ4v) is 5.67. The number of carbonyl (C=O) groups excluding carboxylic acids is 3. The van der Waals surface area contributed by atoms with E-state index in [2.05, 4.69) is 21.6 Å². The first-order chi connectivity index (χ1) is 14.6. The standard InChI is InChI=1S/C23H30N4O3/c28-21-4-3-20(22(29)25-21)27-14-18-2-1-15(11-19(18)23(27)30)12-26-10-7-17(13-26)16-5-8-24-9-6-16/h1-2,11,16-17,20,24H,3-10,12-14H2,(H,25,28,29). The number of benzene rings is 1. The average molecular weight is 411 g/mol. The van der Waals surface area contributed by atoms with Gasteiger partial charge in [0, 0.05) is 31.6 Å². The molecule has 0 spiro atoms. The Kier molecular flexibility index (Phi) is 5.33. The second-order valence-corrected chi connectivity index (χ2v) is 9.26. The van der Waals surface area contributed by atoms with E-state index in [-0.39, 0.29) is 24.1 Å². The summed E-state index contributed by atoms with van der Waals surface area (Å²) in [6, 6.07) is 5.63. The van der Waals surface area contributed by atoms with Crippen molar-refractivity contribution in [2.24, 2.45) is 11.8 Å². The van der Waals surface area contributed by atoms with Crippen molar-refractivity contribution >= 4 is 17.7 Å². The zero-order valence-electron chi connectivity index (χ0n) is 17.4. The van der Waals surface area contributed by atoms with Crippen LogP contribution in [-0.4, -0.2) is 59.7 Å². The largest absolute Gasteiger partial charge is 0.322 e. The zero-order valence-corrected chi connectivity index (χ0v) is 17.4. The van der Waals surface area contributed by atoms with E-state index in [4.69, 9.17) is 0 Å². The van der Waals surface area contributed by atoms with E-state index in [9.17, 15) is 14.4 Å². The van der Waals surface area contributed by atoms with Crippen molar-refractivity contribution in [2.45, 2.75) is 51.2 Å². The van der Waals surface area contributed by atoms with E-state index < -0.39 is 6.04 Å². The third kappa shape index (κ3) is 3.76. The molecule has 7 heteroatoms. The molecule has 5 rings (SSSR count). The highest BCUT2D eigenvalue weighted by molar-refractivity contribution is 6.05. The molecule has 1 aromatic carbocycles. The van der Waals surface area contributed by atoms with Crippen LogP contribution in [0.15, 0.2) is 18.2 Å². The first-order valence-electron chi connectivity index (χ1n) is 11.3. The van der Waals surface area contributed by atoms with Crippen molar-refractivity contribution in [1.82, 2.24) is 20.4 Å². The van der Waals surface area contributed by atoms with Crippen LogP contribution >= 0.6 is 0 Å². The van der Waals surface area contributed by atoms with Gasteiger partial charge in [-0.1, -0.05) is 12.1 Å². The maximum atomic E-state index is 13.0. The second-order valence-electron chi connectivity index (χ2n) is 9.26. The van der Waals surface area contributed by atoms with Crippen molar-refractivity contribution < 1.29 is 14.4 Å². The summed E-state index contributed by atoms with van der Waals surface area (Å²) in [7, 11) is 0. The molecule has 0 aromatic heterocycles. The van der Waals surface area contributed by atoms with E-state index in [0.29, 0.717) is 18.5 Å². The fraction of sp³-hybridized carbons (Fsp3) is 0.609. The Morgan fingerprint density at radius 3 is 2.63 bits per heavy atom. The highest BCUT2D eigenvalue weighted by Gasteiger charge is 2.39. The van der Waals surface area contributed by atoms with Gasteiger partial charge in [-0.3, -0.25) is 24.6 Å². The van der Waals surface area contributed by atoms with E-state index in [0.717, 1.165) is 55.7 Å². The van der Waals surface area contributed by atoms with E-state index in [1.54, 1.807) is 4.90 Å². The molecule has 7 nitrogen and oxygen atoms in total. The number of nitrogens with zero attached hydrogens (tertiary/aromatic N) is 2. The number of carbonyl (C=O) groups is 3. The first kappa shape index (κ1) is 19.7. The summed E-state index contributed by atoms with van der Waals surface area (Å²) in [6.45, 7) is 5.90. The van der Waals surface area contributed by atoms with Gasteiger partial charge in [-0.25, -0.2) is 0 Å². The summed E-state index contributed by atoms with van der Waals surface area (Å²) in [5.74, 6) is 0.950. The molecule has 0 radical (unpaired) electrons. The summed E-state index contributed by atoms with van der Waals surface area (Å²) < 4.78 is 0. The van der Waals surface area contributed by atoms with Crippen molar-refractivity contribution in [2.75, 3.05) is 26.2 Å². The molecule has 4 heterocycles. The zero-order chi connectivity index (χ0) is 20.7. The Labute approximate surface area is 177 Å². The van der Waals surface area contributed by atoms with Gasteiger partial charge in [-0.05, 0) is 74.3 Å². The summed E-state index contributed by atoms with van der Waals surface area (Å²) in [5, 5.41) is 5.82. The number of hydrogen-bond acceptors (Lipinski definition) is 5. The SMILES string of the molecule is O=C1CCC(N2Cc3ccc(CN4CCC(C5CCNCC5)C4)cc3C2=O)C(=O)N1. The maximum Gasteiger partial charge on any atom is 0.255 e. The van der Waals surface area contributed by atoms with Crippen molar-refractivity contribution in [1.29, 1.82) is 0 Å². The van der Waals surface area contributed by atoms with Gasteiger partial charge in [0.2, 0.25) is 11.8 Å². The molecule has 2 unspecified atom stereocenters. The number of nitrogens with one attached hydrogen (secondary N) is 2. The van der Waals surface area contributed by atoms with Crippen molar-refractivity contribution in [3.05, 3.63) is 34.9 Å². The van der Waals surface area contributed by atoms with Crippen LogP contribution in [0.25, 0.3) is 0 Å². The van der Waals surface area contributed by atoms with Gasteiger partial charge >= 0.3 is 0 Å².